The van der Waals surface area contributed by atoms with E-state index in [9.17, 15) is 4.79 Å². The predicted octanol–water partition coefficient (Wildman–Crippen LogP) is 2.41. The highest BCUT2D eigenvalue weighted by molar-refractivity contribution is 6.06. The second-order valence-electron chi connectivity index (χ2n) is 8.19. The SMILES string of the molecule is CN(C)c1ncccc1CN1CC[C@H](c2cc(C(=O)NCCO)c3ccccc3n2)C1. The van der Waals surface area contributed by atoms with Crippen LogP contribution in [0.25, 0.3) is 10.9 Å². The van der Waals surface area contributed by atoms with Crippen molar-refractivity contribution in [1.29, 1.82) is 0 Å². The van der Waals surface area contributed by atoms with Crippen LogP contribution < -0.4 is 10.2 Å². The van der Waals surface area contributed by atoms with Gasteiger partial charge in [-0.15, -0.1) is 0 Å². The number of aliphatic hydroxyl groups excluding tert-OH is 1. The Balaban J connectivity index is 1.56. The number of amides is 1. The Bertz CT molecular complexity index is 1070. The van der Waals surface area contributed by atoms with Gasteiger partial charge in [-0.25, -0.2) is 4.98 Å². The van der Waals surface area contributed by atoms with Crippen molar-refractivity contribution in [2.45, 2.75) is 18.9 Å². The average Bonchev–Trinajstić information content (AvgIpc) is 3.25. The number of benzene rings is 1. The molecule has 1 aliphatic heterocycles. The van der Waals surface area contributed by atoms with E-state index in [0.29, 0.717) is 5.56 Å². The van der Waals surface area contributed by atoms with E-state index in [1.54, 1.807) is 0 Å². The Kier molecular flexibility index (Phi) is 6.44. The fourth-order valence-electron chi connectivity index (χ4n) is 4.27. The molecule has 7 heteroatoms. The summed E-state index contributed by atoms with van der Waals surface area (Å²) >= 11 is 0. The Labute approximate surface area is 182 Å². The number of rotatable bonds is 7. The molecule has 0 aliphatic carbocycles. The zero-order valence-corrected chi connectivity index (χ0v) is 18.1. The second-order valence-corrected chi connectivity index (χ2v) is 8.19. The maximum atomic E-state index is 12.7. The molecule has 31 heavy (non-hydrogen) atoms. The molecule has 4 rings (SSSR count). The maximum Gasteiger partial charge on any atom is 0.252 e. The van der Waals surface area contributed by atoms with Crippen LogP contribution in [0.5, 0.6) is 0 Å². The summed E-state index contributed by atoms with van der Waals surface area (Å²) in [6, 6.07) is 13.8. The van der Waals surface area contributed by atoms with Crippen molar-refractivity contribution in [3.05, 3.63) is 65.5 Å². The lowest BCUT2D eigenvalue weighted by atomic mass is 9.99. The zero-order chi connectivity index (χ0) is 21.8. The number of nitrogens with zero attached hydrogens (tertiary/aromatic N) is 4. The molecular weight excluding hydrogens is 390 g/mol. The van der Waals surface area contributed by atoms with E-state index < -0.39 is 0 Å². The molecule has 0 spiro atoms. The molecule has 0 saturated carbocycles. The molecular formula is C24H29N5O2. The van der Waals surface area contributed by atoms with Gasteiger partial charge in [0.25, 0.3) is 5.91 Å². The van der Waals surface area contributed by atoms with Gasteiger partial charge in [0, 0.05) is 62.5 Å². The van der Waals surface area contributed by atoms with Gasteiger partial charge in [-0.05, 0) is 31.2 Å². The van der Waals surface area contributed by atoms with Gasteiger partial charge < -0.3 is 15.3 Å². The van der Waals surface area contributed by atoms with Crippen LogP contribution in [0, 0.1) is 0 Å². The molecule has 1 atom stereocenters. The summed E-state index contributed by atoms with van der Waals surface area (Å²) in [7, 11) is 4.03. The normalized spacial score (nSPS) is 16.5. The number of carbonyl (C=O) groups is 1. The van der Waals surface area contributed by atoms with Gasteiger partial charge in [-0.1, -0.05) is 24.3 Å². The number of hydrogen-bond donors (Lipinski definition) is 2. The van der Waals surface area contributed by atoms with Crippen LogP contribution >= 0.6 is 0 Å². The fraction of sp³-hybridized carbons (Fsp3) is 0.375. The van der Waals surface area contributed by atoms with Gasteiger partial charge >= 0.3 is 0 Å². The number of likely N-dealkylation sites (tertiary alicyclic amines) is 1. The van der Waals surface area contributed by atoms with E-state index >= 15 is 0 Å². The van der Waals surface area contributed by atoms with Crippen LogP contribution in [0.15, 0.2) is 48.7 Å². The lowest BCUT2D eigenvalue weighted by Crippen LogP contribution is -2.27. The van der Waals surface area contributed by atoms with E-state index in [1.807, 2.05) is 61.6 Å². The van der Waals surface area contributed by atoms with Crippen molar-refractivity contribution in [1.82, 2.24) is 20.2 Å². The van der Waals surface area contributed by atoms with Crippen molar-refractivity contribution in [3.63, 3.8) is 0 Å². The zero-order valence-electron chi connectivity index (χ0n) is 18.1. The van der Waals surface area contributed by atoms with E-state index in [0.717, 1.165) is 48.5 Å². The number of nitrogens with one attached hydrogen (secondary N) is 1. The molecule has 1 saturated heterocycles. The highest BCUT2D eigenvalue weighted by atomic mass is 16.3. The molecule has 1 aromatic carbocycles. The van der Waals surface area contributed by atoms with Gasteiger partial charge in [0.15, 0.2) is 0 Å². The third-order valence-corrected chi connectivity index (χ3v) is 5.75. The summed E-state index contributed by atoms with van der Waals surface area (Å²) in [6.45, 7) is 2.87. The van der Waals surface area contributed by atoms with Crippen molar-refractivity contribution in [2.75, 3.05) is 45.2 Å². The Morgan fingerprint density at radius 3 is 2.90 bits per heavy atom. The largest absolute Gasteiger partial charge is 0.395 e. The molecule has 162 valence electrons. The highest BCUT2D eigenvalue weighted by Crippen LogP contribution is 2.31. The molecule has 1 fully saturated rings. The van der Waals surface area contributed by atoms with Crippen molar-refractivity contribution in [2.24, 2.45) is 0 Å². The monoisotopic (exact) mass is 419 g/mol. The summed E-state index contributed by atoms with van der Waals surface area (Å²) in [6.07, 6.45) is 2.83. The number of aromatic nitrogens is 2. The number of para-hydroxylation sites is 1. The summed E-state index contributed by atoms with van der Waals surface area (Å²) in [5, 5.41) is 12.7. The Hall–Kier alpha value is -3.03. The van der Waals surface area contributed by atoms with Crippen LogP contribution in [-0.4, -0.2) is 66.2 Å². The smallest absolute Gasteiger partial charge is 0.252 e. The van der Waals surface area contributed by atoms with Crippen molar-refractivity contribution in [3.8, 4) is 0 Å². The molecule has 1 amide bonds. The van der Waals surface area contributed by atoms with Crippen LogP contribution in [0.2, 0.25) is 0 Å². The number of carbonyl (C=O) groups excluding carboxylic acids is 1. The third kappa shape index (κ3) is 4.68. The topological polar surface area (TPSA) is 81.6 Å². The van der Waals surface area contributed by atoms with Crippen LogP contribution in [0.1, 0.15) is 34.0 Å². The van der Waals surface area contributed by atoms with Gasteiger partial charge in [0.2, 0.25) is 0 Å². The molecule has 2 N–H and O–H groups in total. The number of anilines is 1. The summed E-state index contributed by atoms with van der Waals surface area (Å²) < 4.78 is 0. The molecule has 1 aliphatic rings. The first-order valence-corrected chi connectivity index (χ1v) is 10.7. The van der Waals surface area contributed by atoms with Gasteiger partial charge in [0.1, 0.15) is 5.82 Å². The van der Waals surface area contributed by atoms with Gasteiger partial charge in [-0.2, -0.15) is 0 Å². The number of aliphatic hydroxyl groups is 1. The summed E-state index contributed by atoms with van der Waals surface area (Å²) in [5.74, 6) is 1.10. The molecule has 0 bridgehead atoms. The molecule has 3 aromatic rings. The minimum atomic E-state index is -0.172. The highest BCUT2D eigenvalue weighted by Gasteiger charge is 2.27. The lowest BCUT2D eigenvalue weighted by molar-refractivity contribution is 0.0946. The van der Waals surface area contributed by atoms with Gasteiger partial charge in [-0.3, -0.25) is 14.7 Å². The minimum Gasteiger partial charge on any atom is -0.395 e. The van der Waals surface area contributed by atoms with Crippen LogP contribution in [0.3, 0.4) is 0 Å². The first-order valence-electron chi connectivity index (χ1n) is 10.7. The van der Waals surface area contributed by atoms with E-state index in [-0.39, 0.29) is 25.0 Å². The summed E-state index contributed by atoms with van der Waals surface area (Å²) in [5.41, 5.74) is 3.61. The van der Waals surface area contributed by atoms with Gasteiger partial charge in [0.05, 0.1) is 17.7 Å². The van der Waals surface area contributed by atoms with E-state index in [1.165, 1.54) is 5.56 Å². The molecule has 7 nitrogen and oxygen atoms in total. The Morgan fingerprint density at radius 2 is 2.10 bits per heavy atom. The van der Waals surface area contributed by atoms with Crippen LogP contribution in [-0.2, 0) is 6.54 Å². The lowest BCUT2D eigenvalue weighted by Gasteiger charge is -2.21. The number of pyridine rings is 2. The first kappa shape index (κ1) is 21.2. The number of fused-ring (bicyclic) bond motifs is 1. The summed E-state index contributed by atoms with van der Waals surface area (Å²) in [4.78, 5) is 26.6. The van der Waals surface area contributed by atoms with E-state index in [4.69, 9.17) is 10.1 Å². The second kappa shape index (κ2) is 9.41. The van der Waals surface area contributed by atoms with Crippen molar-refractivity contribution >= 4 is 22.6 Å². The number of hydrogen-bond acceptors (Lipinski definition) is 6. The predicted molar refractivity (Wildman–Crippen MR) is 122 cm³/mol. The molecule has 0 unspecified atom stereocenters. The molecule has 2 aromatic heterocycles. The fourth-order valence-corrected chi connectivity index (χ4v) is 4.27. The first-order chi connectivity index (χ1) is 15.1. The molecule has 3 heterocycles. The standard InChI is InChI=1S/C24H29N5O2/c1-28(2)23-18(6-5-10-25-23)16-29-12-9-17(15-29)22-14-20(24(31)26-11-13-30)19-7-3-4-8-21(19)27-22/h3-8,10,14,17,30H,9,11-13,15-16H2,1-2H3,(H,26,31)/t17-/m0/s1. The van der Waals surface area contributed by atoms with E-state index in [2.05, 4.69) is 21.3 Å². The Morgan fingerprint density at radius 1 is 1.26 bits per heavy atom. The van der Waals surface area contributed by atoms with Crippen molar-refractivity contribution < 1.29 is 9.90 Å². The molecule has 0 radical (unpaired) electrons. The van der Waals surface area contributed by atoms with Crippen LogP contribution in [0.4, 0.5) is 5.82 Å². The third-order valence-electron chi connectivity index (χ3n) is 5.75. The minimum absolute atomic E-state index is 0.0809. The maximum absolute atomic E-state index is 12.7. The average molecular weight is 420 g/mol. The quantitative estimate of drug-likeness (QED) is 0.612.